The van der Waals surface area contributed by atoms with Crippen molar-refractivity contribution in [3.05, 3.63) is 85.1 Å². The van der Waals surface area contributed by atoms with Gasteiger partial charge < -0.3 is 14.2 Å². The average molecular weight is 948 g/mol. The number of hydrogen-bond acceptors (Lipinski definition) is 6. The van der Waals surface area contributed by atoms with Crippen LogP contribution in [0, 0.1) is 0 Å². The van der Waals surface area contributed by atoms with Gasteiger partial charge in [0.1, 0.15) is 13.2 Å². The minimum Gasteiger partial charge on any atom is -0.462 e. The first-order valence-corrected chi connectivity index (χ1v) is 28.6. The number of esters is 3. The SMILES string of the molecule is CCC/C=C\CCCCCCCC(=O)OCC(COC(=O)CCCCCCCC/C=C\C/C=C\C/C=C\CCCCCCC)OC(=O)CCCCCCCC/C=C\C/C=C\C/C=C\CCCCC. The summed E-state index contributed by atoms with van der Waals surface area (Å²) >= 11 is 0. The Morgan fingerprint density at radius 1 is 0.294 bits per heavy atom. The van der Waals surface area contributed by atoms with Crippen molar-refractivity contribution in [3.8, 4) is 0 Å². The van der Waals surface area contributed by atoms with Crippen LogP contribution < -0.4 is 0 Å². The molecule has 68 heavy (non-hydrogen) atoms. The zero-order chi connectivity index (χ0) is 49.3. The van der Waals surface area contributed by atoms with E-state index >= 15 is 0 Å². The molecule has 0 aliphatic heterocycles. The van der Waals surface area contributed by atoms with Crippen LogP contribution in [0.2, 0.25) is 0 Å². The smallest absolute Gasteiger partial charge is 0.306 e. The van der Waals surface area contributed by atoms with Crippen molar-refractivity contribution >= 4 is 17.9 Å². The average Bonchev–Trinajstić information content (AvgIpc) is 3.34. The van der Waals surface area contributed by atoms with Gasteiger partial charge in [-0.3, -0.25) is 14.4 Å². The Kier molecular flexibility index (Phi) is 53.4. The molecule has 0 aliphatic rings. The molecule has 0 saturated carbocycles. The van der Waals surface area contributed by atoms with Crippen LogP contribution >= 0.6 is 0 Å². The summed E-state index contributed by atoms with van der Waals surface area (Å²) in [4.78, 5) is 38.1. The Balaban J connectivity index is 4.37. The fraction of sp³-hybridized carbons (Fsp3) is 0.726. The highest BCUT2D eigenvalue weighted by Crippen LogP contribution is 2.14. The van der Waals surface area contributed by atoms with Crippen molar-refractivity contribution < 1.29 is 28.6 Å². The lowest BCUT2D eigenvalue weighted by atomic mass is 10.1. The first kappa shape index (κ1) is 64.6. The predicted molar refractivity (Wildman–Crippen MR) is 293 cm³/mol. The molecule has 0 fully saturated rings. The molecule has 0 radical (unpaired) electrons. The number of unbranched alkanes of at least 4 members (excludes halogenated alkanes) is 26. The number of carbonyl (C=O) groups is 3. The summed E-state index contributed by atoms with van der Waals surface area (Å²) in [7, 11) is 0. The lowest BCUT2D eigenvalue weighted by Crippen LogP contribution is -2.30. The molecule has 1 unspecified atom stereocenters. The van der Waals surface area contributed by atoms with Crippen LogP contribution in [-0.4, -0.2) is 37.2 Å². The van der Waals surface area contributed by atoms with Gasteiger partial charge in [0.15, 0.2) is 6.10 Å². The van der Waals surface area contributed by atoms with Gasteiger partial charge in [-0.25, -0.2) is 0 Å². The molecule has 0 heterocycles. The molecule has 0 N–H and O–H groups in total. The third-order valence-electron chi connectivity index (χ3n) is 12.1. The molecule has 0 bridgehead atoms. The number of carbonyl (C=O) groups excluding carboxylic acids is 3. The summed E-state index contributed by atoms with van der Waals surface area (Å²) in [6.45, 7) is 6.52. The van der Waals surface area contributed by atoms with Crippen LogP contribution in [0.3, 0.4) is 0 Å². The summed E-state index contributed by atoms with van der Waals surface area (Å²) in [5, 5.41) is 0. The standard InChI is InChI=1S/C62H106O6/c1-4-7-10-13-16-19-22-24-26-28-30-31-33-34-36-38-40-43-46-49-52-55-61(64)67-58-59(57-66-60(63)54-51-48-45-42-21-18-15-12-9-6-3)68-62(65)56-53-50-47-44-41-39-37-35-32-29-27-25-23-20-17-14-11-8-5-2/h12,15,17,20,22,24-25,27-28,30,32-35,59H,4-11,13-14,16,18-19,21,23,26,29,31,36-58H2,1-3H3/b15-12-,20-17-,24-22-,27-25-,30-28-,34-33-,35-32-. The van der Waals surface area contributed by atoms with Crippen molar-refractivity contribution in [2.24, 2.45) is 0 Å². The van der Waals surface area contributed by atoms with Crippen LogP contribution in [0.5, 0.6) is 0 Å². The van der Waals surface area contributed by atoms with Crippen molar-refractivity contribution in [2.75, 3.05) is 13.2 Å². The lowest BCUT2D eigenvalue weighted by molar-refractivity contribution is -0.167. The van der Waals surface area contributed by atoms with Crippen molar-refractivity contribution in [3.63, 3.8) is 0 Å². The molecule has 0 aliphatic carbocycles. The van der Waals surface area contributed by atoms with Crippen LogP contribution in [0.25, 0.3) is 0 Å². The lowest BCUT2D eigenvalue weighted by Gasteiger charge is -2.18. The summed E-state index contributed by atoms with van der Waals surface area (Å²) in [5.41, 5.74) is 0. The predicted octanol–water partition coefficient (Wildman–Crippen LogP) is 19.2. The van der Waals surface area contributed by atoms with E-state index in [4.69, 9.17) is 14.2 Å². The normalized spacial score (nSPS) is 12.7. The van der Waals surface area contributed by atoms with Gasteiger partial charge >= 0.3 is 17.9 Å². The van der Waals surface area contributed by atoms with Gasteiger partial charge in [0.2, 0.25) is 0 Å². The molecule has 0 saturated heterocycles. The second kappa shape index (κ2) is 56.2. The van der Waals surface area contributed by atoms with Crippen molar-refractivity contribution in [2.45, 2.75) is 277 Å². The van der Waals surface area contributed by atoms with E-state index in [-0.39, 0.29) is 31.1 Å². The molecular formula is C62H106O6. The number of allylic oxidation sites excluding steroid dienone is 14. The second-order valence-corrected chi connectivity index (χ2v) is 18.8. The van der Waals surface area contributed by atoms with E-state index in [9.17, 15) is 14.4 Å². The van der Waals surface area contributed by atoms with Crippen LogP contribution in [0.4, 0.5) is 0 Å². The van der Waals surface area contributed by atoms with E-state index < -0.39 is 6.10 Å². The molecule has 6 nitrogen and oxygen atoms in total. The molecule has 390 valence electrons. The van der Waals surface area contributed by atoms with Gasteiger partial charge in [-0.05, 0) is 116 Å². The molecule has 0 aromatic heterocycles. The zero-order valence-electron chi connectivity index (χ0n) is 44.6. The van der Waals surface area contributed by atoms with E-state index in [2.05, 4.69) is 106 Å². The molecule has 1 atom stereocenters. The Labute approximate surface area is 420 Å². The Bertz CT molecular complexity index is 1320. The van der Waals surface area contributed by atoms with Gasteiger partial charge in [0, 0.05) is 19.3 Å². The summed E-state index contributed by atoms with van der Waals surface area (Å²) in [5.74, 6) is -0.924. The molecule has 0 rings (SSSR count). The fourth-order valence-electron chi connectivity index (χ4n) is 7.75. The third kappa shape index (κ3) is 53.5. The summed E-state index contributed by atoms with van der Waals surface area (Å²) < 4.78 is 16.8. The Morgan fingerprint density at radius 2 is 0.559 bits per heavy atom. The Morgan fingerprint density at radius 3 is 0.926 bits per heavy atom. The van der Waals surface area contributed by atoms with Crippen LogP contribution in [0.1, 0.15) is 271 Å². The molecular weight excluding hydrogens is 841 g/mol. The maximum Gasteiger partial charge on any atom is 0.306 e. The topological polar surface area (TPSA) is 78.9 Å². The van der Waals surface area contributed by atoms with E-state index in [1.54, 1.807) is 0 Å². The number of rotatable bonds is 51. The molecule has 6 heteroatoms. The highest BCUT2D eigenvalue weighted by atomic mass is 16.6. The van der Waals surface area contributed by atoms with E-state index in [0.717, 1.165) is 122 Å². The van der Waals surface area contributed by atoms with Gasteiger partial charge in [0.25, 0.3) is 0 Å². The quantitative estimate of drug-likeness (QED) is 0.0262. The fourth-order valence-corrected chi connectivity index (χ4v) is 7.75. The van der Waals surface area contributed by atoms with Gasteiger partial charge in [0.05, 0.1) is 0 Å². The molecule has 0 aromatic rings. The maximum absolute atomic E-state index is 12.8. The third-order valence-corrected chi connectivity index (χ3v) is 12.1. The van der Waals surface area contributed by atoms with Crippen LogP contribution in [0.15, 0.2) is 85.1 Å². The van der Waals surface area contributed by atoms with Gasteiger partial charge in [-0.1, -0.05) is 221 Å². The summed E-state index contributed by atoms with van der Waals surface area (Å²) in [6, 6.07) is 0. The zero-order valence-corrected chi connectivity index (χ0v) is 44.6. The molecule has 0 spiro atoms. The van der Waals surface area contributed by atoms with E-state index in [1.165, 1.54) is 109 Å². The highest BCUT2D eigenvalue weighted by Gasteiger charge is 2.19. The first-order valence-electron chi connectivity index (χ1n) is 28.6. The summed E-state index contributed by atoms with van der Waals surface area (Å²) in [6.07, 6.45) is 72.9. The number of hydrogen-bond donors (Lipinski definition) is 0. The van der Waals surface area contributed by atoms with E-state index in [0.29, 0.717) is 19.3 Å². The first-order chi connectivity index (χ1) is 33.5. The van der Waals surface area contributed by atoms with Crippen molar-refractivity contribution in [1.29, 1.82) is 0 Å². The highest BCUT2D eigenvalue weighted by molar-refractivity contribution is 5.71. The maximum atomic E-state index is 12.8. The minimum atomic E-state index is -0.793. The minimum absolute atomic E-state index is 0.0912. The van der Waals surface area contributed by atoms with Crippen LogP contribution in [-0.2, 0) is 28.6 Å². The Hall–Kier alpha value is -3.41. The van der Waals surface area contributed by atoms with Crippen molar-refractivity contribution in [1.82, 2.24) is 0 Å². The number of ether oxygens (including phenoxy) is 3. The molecule has 0 aromatic carbocycles. The van der Waals surface area contributed by atoms with Gasteiger partial charge in [-0.2, -0.15) is 0 Å². The van der Waals surface area contributed by atoms with E-state index in [1.807, 2.05) is 0 Å². The van der Waals surface area contributed by atoms with Gasteiger partial charge in [-0.15, -0.1) is 0 Å². The second-order valence-electron chi connectivity index (χ2n) is 18.8. The monoisotopic (exact) mass is 947 g/mol. The molecule has 0 amide bonds. The largest absolute Gasteiger partial charge is 0.462 e.